The molecule has 0 saturated heterocycles. The number of rotatable bonds is 4. The van der Waals surface area contributed by atoms with E-state index in [2.05, 4.69) is 12.2 Å². The largest absolute Gasteiger partial charge is 0.493 e. The summed E-state index contributed by atoms with van der Waals surface area (Å²) in [7, 11) is 0. The highest BCUT2D eigenvalue weighted by Crippen LogP contribution is 2.33. The van der Waals surface area contributed by atoms with E-state index in [1.165, 1.54) is 0 Å². The zero-order valence-electron chi connectivity index (χ0n) is 10.5. The maximum atomic E-state index is 11.8. The van der Waals surface area contributed by atoms with E-state index in [1.54, 1.807) is 0 Å². The summed E-state index contributed by atoms with van der Waals surface area (Å²) in [5, 5.41) is 3.73. The number of halogens is 1. The van der Waals surface area contributed by atoms with Gasteiger partial charge in [-0.25, -0.2) is 0 Å². The smallest absolute Gasteiger partial charge is 0.220 e. The Balaban J connectivity index is 2.07. The number of unbranched alkanes of at least 4 members (excludes halogenated alkanes) is 1. The van der Waals surface area contributed by atoms with Crippen molar-refractivity contribution in [2.45, 2.75) is 38.6 Å². The summed E-state index contributed by atoms with van der Waals surface area (Å²) in [5.41, 5.74) is 0.985. The van der Waals surface area contributed by atoms with Gasteiger partial charge in [0.25, 0.3) is 0 Å². The second kappa shape index (κ2) is 6.10. The van der Waals surface area contributed by atoms with Crippen LogP contribution in [0, 0.1) is 0 Å². The molecule has 1 unspecified atom stereocenters. The van der Waals surface area contributed by atoms with Gasteiger partial charge >= 0.3 is 0 Å². The lowest BCUT2D eigenvalue weighted by atomic mass is 10.0. The van der Waals surface area contributed by atoms with Crippen molar-refractivity contribution in [1.82, 2.24) is 5.32 Å². The summed E-state index contributed by atoms with van der Waals surface area (Å²) < 4.78 is 5.56. The summed E-state index contributed by atoms with van der Waals surface area (Å²) in [4.78, 5) is 11.8. The third-order valence-electron chi connectivity index (χ3n) is 3.10. The first-order valence-electron chi connectivity index (χ1n) is 6.42. The van der Waals surface area contributed by atoms with Crippen LogP contribution in [0.1, 0.15) is 44.2 Å². The van der Waals surface area contributed by atoms with E-state index in [0.717, 1.165) is 30.6 Å². The number of ether oxygens (including phenoxy) is 1. The molecule has 1 N–H and O–H groups in total. The van der Waals surface area contributed by atoms with E-state index in [-0.39, 0.29) is 11.9 Å². The fourth-order valence-electron chi connectivity index (χ4n) is 2.12. The number of nitrogens with one attached hydrogen (secondary N) is 1. The SMILES string of the molecule is CCCCC(=O)NC1CCOc2ccc(Cl)cc21. The molecule has 3 nitrogen and oxygen atoms in total. The number of carbonyl (C=O) groups excluding carboxylic acids is 1. The highest BCUT2D eigenvalue weighted by atomic mass is 35.5. The van der Waals surface area contributed by atoms with Gasteiger partial charge in [-0.1, -0.05) is 24.9 Å². The van der Waals surface area contributed by atoms with Crippen LogP contribution in [0.5, 0.6) is 5.75 Å². The van der Waals surface area contributed by atoms with E-state index in [4.69, 9.17) is 16.3 Å². The van der Waals surface area contributed by atoms with Gasteiger partial charge in [0.05, 0.1) is 12.6 Å². The van der Waals surface area contributed by atoms with Crippen molar-refractivity contribution in [3.05, 3.63) is 28.8 Å². The first-order valence-corrected chi connectivity index (χ1v) is 6.80. The summed E-state index contributed by atoms with van der Waals surface area (Å²) in [6, 6.07) is 5.57. The molecule has 1 aromatic carbocycles. The van der Waals surface area contributed by atoms with Crippen molar-refractivity contribution in [2.75, 3.05) is 6.61 Å². The van der Waals surface area contributed by atoms with Gasteiger partial charge in [0.2, 0.25) is 5.91 Å². The summed E-state index contributed by atoms with van der Waals surface area (Å²) in [6.45, 7) is 2.71. The number of fused-ring (bicyclic) bond motifs is 1. The molecule has 0 spiro atoms. The van der Waals surface area contributed by atoms with Gasteiger partial charge in [-0.2, -0.15) is 0 Å². The maximum Gasteiger partial charge on any atom is 0.220 e. The van der Waals surface area contributed by atoms with Crippen molar-refractivity contribution in [3.8, 4) is 5.75 Å². The van der Waals surface area contributed by atoms with Gasteiger partial charge in [-0.15, -0.1) is 0 Å². The summed E-state index contributed by atoms with van der Waals surface area (Å²) in [5.74, 6) is 0.932. The molecule has 0 aliphatic carbocycles. The number of hydrogen-bond donors (Lipinski definition) is 1. The lowest BCUT2D eigenvalue weighted by molar-refractivity contribution is -0.122. The van der Waals surface area contributed by atoms with Crippen LogP contribution >= 0.6 is 11.6 Å². The maximum absolute atomic E-state index is 11.8. The van der Waals surface area contributed by atoms with Crippen LogP contribution < -0.4 is 10.1 Å². The lowest BCUT2D eigenvalue weighted by Gasteiger charge is -2.26. The summed E-state index contributed by atoms with van der Waals surface area (Å²) >= 11 is 5.99. The highest BCUT2D eigenvalue weighted by molar-refractivity contribution is 6.30. The van der Waals surface area contributed by atoms with Crippen LogP contribution in [0.15, 0.2) is 18.2 Å². The molecule has 1 atom stereocenters. The number of carbonyl (C=O) groups is 1. The number of benzene rings is 1. The zero-order chi connectivity index (χ0) is 13.0. The molecule has 0 radical (unpaired) electrons. The monoisotopic (exact) mass is 267 g/mol. The average molecular weight is 268 g/mol. The molecule has 0 fully saturated rings. The van der Waals surface area contributed by atoms with Crippen molar-refractivity contribution in [2.24, 2.45) is 0 Å². The molecular formula is C14H18ClNO2. The van der Waals surface area contributed by atoms with Gasteiger partial charge < -0.3 is 10.1 Å². The Hall–Kier alpha value is -1.22. The quantitative estimate of drug-likeness (QED) is 0.907. The second-order valence-electron chi connectivity index (χ2n) is 4.54. The molecule has 2 rings (SSSR count). The van der Waals surface area contributed by atoms with Crippen LogP contribution in [-0.2, 0) is 4.79 Å². The predicted molar refractivity (Wildman–Crippen MR) is 72.0 cm³/mol. The van der Waals surface area contributed by atoms with Crippen molar-refractivity contribution >= 4 is 17.5 Å². The Labute approximate surface area is 112 Å². The molecule has 1 heterocycles. The van der Waals surface area contributed by atoms with Crippen molar-refractivity contribution in [3.63, 3.8) is 0 Å². The molecule has 4 heteroatoms. The van der Waals surface area contributed by atoms with Gasteiger partial charge in [0.1, 0.15) is 5.75 Å². The summed E-state index contributed by atoms with van der Waals surface area (Å²) in [6.07, 6.45) is 3.34. The molecule has 1 aliphatic rings. The van der Waals surface area contributed by atoms with E-state index >= 15 is 0 Å². The van der Waals surface area contributed by atoms with E-state index < -0.39 is 0 Å². The molecule has 0 bridgehead atoms. The highest BCUT2D eigenvalue weighted by Gasteiger charge is 2.22. The minimum atomic E-state index is 0.0248. The molecule has 0 aromatic heterocycles. The normalized spacial score (nSPS) is 17.8. The minimum Gasteiger partial charge on any atom is -0.493 e. The zero-order valence-corrected chi connectivity index (χ0v) is 11.3. The second-order valence-corrected chi connectivity index (χ2v) is 4.98. The molecule has 1 aromatic rings. The van der Waals surface area contributed by atoms with Crippen molar-refractivity contribution < 1.29 is 9.53 Å². The standard InChI is InChI=1S/C14H18ClNO2/c1-2-3-4-14(17)16-12-7-8-18-13-6-5-10(15)9-11(12)13/h5-6,9,12H,2-4,7-8H2,1H3,(H,16,17). The Morgan fingerprint density at radius 2 is 2.39 bits per heavy atom. The van der Waals surface area contributed by atoms with Crippen molar-refractivity contribution in [1.29, 1.82) is 0 Å². The Morgan fingerprint density at radius 3 is 3.17 bits per heavy atom. The van der Waals surface area contributed by atoms with Crippen LogP contribution in [0.3, 0.4) is 0 Å². The van der Waals surface area contributed by atoms with Crippen LogP contribution in [-0.4, -0.2) is 12.5 Å². The number of amides is 1. The van der Waals surface area contributed by atoms with E-state index in [0.29, 0.717) is 18.1 Å². The molecule has 1 amide bonds. The fourth-order valence-corrected chi connectivity index (χ4v) is 2.30. The molecular weight excluding hydrogens is 250 g/mol. The van der Waals surface area contributed by atoms with E-state index in [9.17, 15) is 4.79 Å². The molecule has 98 valence electrons. The first kappa shape index (κ1) is 13.2. The topological polar surface area (TPSA) is 38.3 Å². The van der Waals surface area contributed by atoms with Gasteiger partial charge in [0.15, 0.2) is 0 Å². The minimum absolute atomic E-state index is 0.0248. The van der Waals surface area contributed by atoms with Gasteiger partial charge in [-0.05, 0) is 24.6 Å². The third kappa shape index (κ3) is 3.16. The molecule has 1 aliphatic heterocycles. The van der Waals surface area contributed by atoms with Crippen LogP contribution in [0.2, 0.25) is 5.02 Å². The fraction of sp³-hybridized carbons (Fsp3) is 0.500. The third-order valence-corrected chi connectivity index (χ3v) is 3.34. The van der Waals surface area contributed by atoms with Crippen LogP contribution in [0.4, 0.5) is 0 Å². The van der Waals surface area contributed by atoms with Gasteiger partial charge in [-0.3, -0.25) is 4.79 Å². The predicted octanol–water partition coefficient (Wildman–Crippen LogP) is 3.47. The van der Waals surface area contributed by atoms with Crippen LogP contribution in [0.25, 0.3) is 0 Å². The lowest BCUT2D eigenvalue weighted by Crippen LogP contribution is -2.31. The first-order chi connectivity index (χ1) is 8.70. The number of hydrogen-bond acceptors (Lipinski definition) is 2. The van der Waals surface area contributed by atoms with E-state index in [1.807, 2.05) is 18.2 Å². The Morgan fingerprint density at radius 1 is 1.56 bits per heavy atom. The Kier molecular flexibility index (Phi) is 4.48. The molecule has 18 heavy (non-hydrogen) atoms. The Bertz CT molecular complexity index is 434. The average Bonchev–Trinajstić information content (AvgIpc) is 2.37. The molecule has 0 saturated carbocycles. The van der Waals surface area contributed by atoms with Gasteiger partial charge in [0, 0.05) is 23.4 Å².